The molecule has 1 heterocycles. The van der Waals surface area contributed by atoms with E-state index in [1.54, 1.807) is 0 Å². The third-order valence-corrected chi connectivity index (χ3v) is 8.48. The van der Waals surface area contributed by atoms with Gasteiger partial charge in [-0.2, -0.15) is 0 Å². The van der Waals surface area contributed by atoms with Crippen molar-refractivity contribution in [3.63, 3.8) is 0 Å². The van der Waals surface area contributed by atoms with Gasteiger partial charge in [0.2, 0.25) is 5.91 Å². The molecule has 2 aromatic rings. The van der Waals surface area contributed by atoms with Gasteiger partial charge in [-0.15, -0.1) is 0 Å². The lowest BCUT2D eigenvalue weighted by atomic mass is 9.92. The maximum atomic E-state index is 12.6. The fourth-order valence-corrected chi connectivity index (χ4v) is 6.72. The Bertz CT molecular complexity index is 979. The number of rotatable bonds is 7. The van der Waals surface area contributed by atoms with Crippen molar-refractivity contribution in [2.45, 2.75) is 37.8 Å². The van der Waals surface area contributed by atoms with Crippen LogP contribution in [0.4, 0.5) is 0 Å². The number of benzene rings is 2. The van der Waals surface area contributed by atoms with Crippen molar-refractivity contribution >= 4 is 15.7 Å². The number of fused-ring (bicyclic) bond motifs is 1. The molecule has 0 aromatic heterocycles. The molecule has 0 bridgehead atoms. The first-order valence-electron chi connectivity index (χ1n) is 10.6. The smallest absolute Gasteiger partial charge is 0.220 e. The molecule has 1 aliphatic heterocycles. The highest BCUT2D eigenvalue weighted by atomic mass is 32.2. The van der Waals surface area contributed by atoms with Crippen LogP contribution in [0.25, 0.3) is 0 Å². The van der Waals surface area contributed by atoms with Crippen molar-refractivity contribution in [3.05, 3.63) is 71.3 Å². The van der Waals surface area contributed by atoms with Crippen LogP contribution in [0.1, 0.15) is 29.5 Å². The zero-order valence-electron chi connectivity index (χ0n) is 17.5. The third kappa shape index (κ3) is 4.76. The molecule has 1 aliphatic carbocycles. The number of amides is 1. The fraction of sp³-hybridized carbons (Fsp3) is 0.458. The van der Waals surface area contributed by atoms with Crippen LogP contribution in [0.2, 0.25) is 0 Å². The molecule has 1 N–H and O–H groups in total. The summed E-state index contributed by atoms with van der Waals surface area (Å²) in [5, 5.41) is 3.15. The summed E-state index contributed by atoms with van der Waals surface area (Å²) in [5.74, 6) is 0.267. The van der Waals surface area contributed by atoms with E-state index in [1.807, 2.05) is 6.07 Å². The zero-order chi connectivity index (χ0) is 21.2. The lowest BCUT2D eigenvalue weighted by Gasteiger charge is -2.39. The molecule has 1 fully saturated rings. The number of hydrogen-bond donors (Lipinski definition) is 1. The fourth-order valence-electron chi connectivity index (χ4n) is 4.86. The monoisotopic (exact) mass is 426 g/mol. The Balaban J connectivity index is 1.45. The van der Waals surface area contributed by atoms with Crippen molar-refractivity contribution in [1.29, 1.82) is 0 Å². The third-order valence-electron chi connectivity index (χ3n) is 6.65. The largest absolute Gasteiger partial charge is 0.354 e. The van der Waals surface area contributed by atoms with Gasteiger partial charge in [0.25, 0.3) is 0 Å². The van der Waals surface area contributed by atoms with Gasteiger partial charge in [0, 0.05) is 25.0 Å². The molecule has 1 amide bonds. The summed E-state index contributed by atoms with van der Waals surface area (Å²) in [6.45, 7) is 1.37. The van der Waals surface area contributed by atoms with E-state index in [1.165, 1.54) is 16.7 Å². The lowest BCUT2D eigenvalue weighted by molar-refractivity contribution is -0.122. The van der Waals surface area contributed by atoms with Gasteiger partial charge in [0.1, 0.15) is 0 Å². The first kappa shape index (κ1) is 21.1. The van der Waals surface area contributed by atoms with E-state index in [2.05, 4.69) is 65.8 Å². The van der Waals surface area contributed by atoms with Crippen LogP contribution >= 0.6 is 0 Å². The average Bonchev–Trinajstić information content (AvgIpc) is 3.27. The van der Waals surface area contributed by atoms with Gasteiger partial charge in [-0.05, 0) is 48.9 Å². The van der Waals surface area contributed by atoms with Crippen molar-refractivity contribution < 1.29 is 13.2 Å². The molecule has 2 aromatic carbocycles. The van der Waals surface area contributed by atoms with Crippen molar-refractivity contribution in [2.75, 3.05) is 25.1 Å². The van der Waals surface area contributed by atoms with Gasteiger partial charge >= 0.3 is 0 Å². The Kier molecular flexibility index (Phi) is 5.98. The van der Waals surface area contributed by atoms with Crippen LogP contribution in [0, 0.1) is 5.92 Å². The van der Waals surface area contributed by atoms with E-state index < -0.39 is 9.84 Å². The number of carbonyl (C=O) groups excluding carboxylic acids is 1. The predicted octanol–water partition coefficient (Wildman–Crippen LogP) is 2.60. The first-order valence-corrected chi connectivity index (χ1v) is 12.5. The van der Waals surface area contributed by atoms with Crippen molar-refractivity contribution in [2.24, 2.45) is 5.92 Å². The van der Waals surface area contributed by atoms with Crippen LogP contribution in [0.5, 0.6) is 0 Å². The molecule has 0 spiro atoms. The predicted molar refractivity (Wildman–Crippen MR) is 119 cm³/mol. The van der Waals surface area contributed by atoms with Crippen LogP contribution in [-0.4, -0.2) is 49.9 Å². The normalized spacial score (nSPS) is 21.5. The average molecular weight is 427 g/mol. The van der Waals surface area contributed by atoms with Crippen LogP contribution in [0.15, 0.2) is 54.6 Å². The topological polar surface area (TPSA) is 66.5 Å². The van der Waals surface area contributed by atoms with E-state index in [9.17, 15) is 13.2 Å². The highest BCUT2D eigenvalue weighted by Gasteiger charge is 2.41. The molecular formula is C24H30N2O3S. The molecule has 0 unspecified atom stereocenters. The van der Waals surface area contributed by atoms with Gasteiger partial charge in [0.15, 0.2) is 9.84 Å². The molecule has 0 radical (unpaired) electrons. The molecule has 30 heavy (non-hydrogen) atoms. The van der Waals surface area contributed by atoms with E-state index in [-0.39, 0.29) is 28.9 Å². The summed E-state index contributed by atoms with van der Waals surface area (Å²) in [6, 6.07) is 18.9. The van der Waals surface area contributed by atoms with Crippen molar-refractivity contribution in [1.82, 2.24) is 10.2 Å². The van der Waals surface area contributed by atoms with Gasteiger partial charge in [0.05, 0.1) is 11.5 Å². The number of nitrogens with zero attached hydrogens (tertiary/aromatic N) is 1. The van der Waals surface area contributed by atoms with Crippen LogP contribution < -0.4 is 5.32 Å². The Morgan fingerprint density at radius 1 is 1.07 bits per heavy atom. The van der Waals surface area contributed by atoms with Gasteiger partial charge in [-0.25, -0.2) is 8.42 Å². The van der Waals surface area contributed by atoms with E-state index >= 15 is 0 Å². The molecule has 5 nitrogen and oxygen atoms in total. The second-order valence-electron chi connectivity index (χ2n) is 8.94. The summed E-state index contributed by atoms with van der Waals surface area (Å²) in [6.07, 6.45) is 2.68. The van der Waals surface area contributed by atoms with E-state index in [0.717, 1.165) is 19.4 Å². The quantitative estimate of drug-likeness (QED) is 0.739. The Morgan fingerprint density at radius 3 is 2.30 bits per heavy atom. The van der Waals surface area contributed by atoms with E-state index in [4.69, 9.17) is 0 Å². The number of nitrogens with one attached hydrogen (secondary N) is 1. The highest BCUT2D eigenvalue weighted by Crippen LogP contribution is 2.34. The summed E-state index contributed by atoms with van der Waals surface area (Å²) >= 11 is 0. The second-order valence-corrected chi connectivity index (χ2v) is 11.2. The number of carbonyl (C=O) groups is 1. The minimum atomic E-state index is -2.96. The Hall–Kier alpha value is -2.18. The second kappa shape index (κ2) is 8.52. The summed E-state index contributed by atoms with van der Waals surface area (Å²) in [5.41, 5.74) is 3.75. The summed E-state index contributed by atoms with van der Waals surface area (Å²) < 4.78 is 23.4. The number of sulfone groups is 1. The number of hydrogen-bond acceptors (Lipinski definition) is 4. The summed E-state index contributed by atoms with van der Waals surface area (Å²) in [4.78, 5) is 15.0. The van der Waals surface area contributed by atoms with Gasteiger partial charge in [-0.3, -0.25) is 9.69 Å². The molecule has 4 rings (SSSR count). The molecule has 2 aliphatic rings. The molecule has 1 atom stereocenters. The van der Waals surface area contributed by atoms with Gasteiger partial charge in [-0.1, -0.05) is 54.6 Å². The Labute approximate surface area is 179 Å². The SMILES string of the molecule is CN(Cc1ccccc1)C1(CNC(=O)C[C@H]2CCS(=O)(=O)C2)Cc2ccccc2C1. The molecule has 160 valence electrons. The molecular weight excluding hydrogens is 396 g/mol. The molecule has 1 saturated heterocycles. The summed E-state index contributed by atoms with van der Waals surface area (Å²) in [7, 11) is -0.823. The standard InChI is InChI=1S/C24H30N2O3S/c1-26(16-19-7-3-2-4-8-19)24(14-21-9-5-6-10-22(21)15-24)18-25-23(27)13-20-11-12-30(28,29)17-20/h2-10,20H,11-18H2,1H3,(H,25,27)/t20-/m1/s1. The van der Waals surface area contributed by atoms with E-state index in [0.29, 0.717) is 19.4 Å². The minimum Gasteiger partial charge on any atom is -0.354 e. The van der Waals surface area contributed by atoms with Crippen LogP contribution in [0.3, 0.4) is 0 Å². The molecule has 0 saturated carbocycles. The number of likely N-dealkylation sites (N-methyl/N-ethyl adjacent to an activating group) is 1. The Morgan fingerprint density at radius 2 is 1.70 bits per heavy atom. The maximum absolute atomic E-state index is 12.6. The molecule has 6 heteroatoms. The van der Waals surface area contributed by atoms with Gasteiger partial charge < -0.3 is 5.32 Å². The first-order chi connectivity index (χ1) is 14.4. The van der Waals surface area contributed by atoms with Crippen molar-refractivity contribution in [3.8, 4) is 0 Å². The lowest BCUT2D eigenvalue weighted by Crippen LogP contribution is -2.55. The zero-order valence-corrected chi connectivity index (χ0v) is 18.3. The minimum absolute atomic E-state index is 0.0412. The van der Waals surface area contributed by atoms with Crippen LogP contribution in [-0.2, 0) is 34.0 Å². The maximum Gasteiger partial charge on any atom is 0.220 e. The highest BCUT2D eigenvalue weighted by molar-refractivity contribution is 7.91.